The quantitative estimate of drug-likeness (QED) is 0.777. The maximum absolute atomic E-state index is 4.30. The molecule has 0 aliphatic carbocycles. The summed E-state index contributed by atoms with van der Waals surface area (Å²) in [5.74, 6) is 1.00. The van der Waals surface area contributed by atoms with Crippen LogP contribution in [-0.2, 0) is 6.54 Å². The first kappa shape index (κ1) is 12.4. The van der Waals surface area contributed by atoms with Crippen molar-refractivity contribution < 1.29 is 0 Å². The Kier molecular flexibility index (Phi) is 5.61. The highest BCUT2D eigenvalue weighted by atomic mass is 32.2. The molecule has 0 saturated carbocycles. The van der Waals surface area contributed by atoms with Gasteiger partial charge in [-0.05, 0) is 19.1 Å². The normalized spacial score (nSPS) is 12.7. The molecule has 0 bridgehead atoms. The molecule has 3 nitrogen and oxygen atoms in total. The molecule has 0 spiro atoms. The maximum atomic E-state index is 4.30. The summed E-state index contributed by atoms with van der Waals surface area (Å²) >= 11 is 1.92. The van der Waals surface area contributed by atoms with Gasteiger partial charge in [-0.3, -0.25) is 0 Å². The molecule has 0 radical (unpaired) electrons. The molecule has 0 saturated heterocycles. The summed E-state index contributed by atoms with van der Waals surface area (Å²) in [5, 5.41) is 4.04. The van der Waals surface area contributed by atoms with Crippen LogP contribution in [0, 0.1) is 0 Å². The van der Waals surface area contributed by atoms with Crippen LogP contribution in [0.5, 0.6) is 0 Å². The Morgan fingerprint density at radius 1 is 1.60 bits per heavy atom. The highest BCUT2D eigenvalue weighted by Gasteiger charge is 2.03. The van der Waals surface area contributed by atoms with Gasteiger partial charge in [0.2, 0.25) is 5.95 Å². The highest BCUT2D eigenvalue weighted by Crippen LogP contribution is 2.13. The van der Waals surface area contributed by atoms with Gasteiger partial charge in [-0.15, -0.1) is 0 Å². The Balaban J connectivity index is 2.42. The van der Waals surface area contributed by atoms with Crippen LogP contribution in [0.2, 0.25) is 0 Å². The Labute approximate surface area is 96.7 Å². The van der Waals surface area contributed by atoms with Crippen molar-refractivity contribution >= 4 is 17.7 Å². The summed E-state index contributed by atoms with van der Waals surface area (Å²) in [7, 11) is 0. The molecule has 0 aromatic carbocycles. The molecule has 1 N–H and O–H groups in total. The Morgan fingerprint density at radius 2 is 2.40 bits per heavy atom. The summed E-state index contributed by atoms with van der Waals surface area (Å²) < 4.78 is 2.20. The van der Waals surface area contributed by atoms with E-state index in [0.717, 1.165) is 25.5 Å². The molecule has 15 heavy (non-hydrogen) atoms. The van der Waals surface area contributed by atoms with Gasteiger partial charge in [0.1, 0.15) is 0 Å². The Bertz CT molecular complexity index is 273. The second-order valence-electron chi connectivity index (χ2n) is 3.71. The van der Waals surface area contributed by atoms with Gasteiger partial charge in [-0.1, -0.05) is 13.8 Å². The van der Waals surface area contributed by atoms with Gasteiger partial charge in [0, 0.05) is 30.7 Å². The van der Waals surface area contributed by atoms with E-state index in [0.29, 0.717) is 5.25 Å². The van der Waals surface area contributed by atoms with Gasteiger partial charge in [0.15, 0.2) is 0 Å². The van der Waals surface area contributed by atoms with Crippen molar-refractivity contribution in [1.29, 1.82) is 0 Å². The van der Waals surface area contributed by atoms with Crippen molar-refractivity contribution in [2.75, 3.05) is 18.1 Å². The number of anilines is 1. The number of imidazole rings is 1. The summed E-state index contributed by atoms with van der Waals surface area (Å²) in [5.41, 5.74) is 0. The average Bonchev–Trinajstić information content (AvgIpc) is 2.70. The second kappa shape index (κ2) is 6.77. The topological polar surface area (TPSA) is 29.9 Å². The molecular weight excluding hydrogens is 206 g/mol. The van der Waals surface area contributed by atoms with Crippen LogP contribution >= 0.6 is 11.8 Å². The second-order valence-corrected chi connectivity index (χ2v) is 4.98. The summed E-state index contributed by atoms with van der Waals surface area (Å²) in [6, 6.07) is 0. The summed E-state index contributed by atoms with van der Waals surface area (Å²) in [4.78, 5) is 4.30. The number of nitrogens with one attached hydrogen (secondary N) is 1. The SMILES string of the molecule is CCCNc1nccn1CCC(C)SC. The fourth-order valence-corrected chi connectivity index (χ4v) is 1.67. The molecule has 4 heteroatoms. The fourth-order valence-electron chi connectivity index (χ4n) is 1.33. The highest BCUT2D eigenvalue weighted by molar-refractivity contribution is 7.99. The third kappa shape index (κ3) is 4.16. The van der Waals surface area contributed by atoms with Gasteiger partial charge >= 0.3 is 0 Å². The monoisotopic (exact) mass is 227 g/mol. The van der Waals surface area contributed by atoms with E-state index < -0.39 is 0 Å². The van der Waals surface area contributed by atoms with Crippen molar-refractivity contribution in [2.24, 2.45) is 0 Å². The smallest absolute Gasteiger partial charge is 0.202 e. The minimum Gasteiger partial charge on any atom is -0.356 e. The van der Waals surface area contributed by atoms with Crippen LogP contribution < -0.4 is 5.32 Å². The summed E-state index contributed by atoms with van der Waals surface area (Å²) in [6.45, 7) is 6.47. The first-order valence-corrected chi connectivity index (χ1v) is 6.84. The van der Waals surface area contributed by atoms with E-state index in [1.54, 1.807) is 0 Å². The molecule has 0 aliphatic rings. The van der Waals surface area contributed by atoms with E-state index in [1.807, 2.05) is 24.2 Å². The predicted octanol–water partition coefficient (Wildman–Crippen LogP) is 2.85. The first-order chi connectivity index (χ1) is 7.27. The van der Waals surface area contributed by atoms with Crippen LogP contribution in [0.15, 0.2) is 12.4 Å². The molecule has 0 amide bonds. The molecular formula is C11H21N3S. The molecule has 86 valence electrons. The maximum Gasteiger partial charge on any atom is 0.202 e. The van der Waals surface area contributed by atoms with Crippen LogP contribution in [-0.4, -0.2) is 27.6 Å². The molecule has 1 aromatic rings. The molecule has 1 unspecified atom stereocenters. The van der Waals surface area contributed by atoms with Crippen molar-refractivity contribution in [2.45, 2.75) is 38.5 Å². The van der Waals surface area contributed by atoms with Crippen molar-refractivity contribution in [3.8, 4) is 0 Å². The zero-order valence-electron chi connectivity index (χ0n) is 9.86. The van der Waals surface area contributed by atoms with E-state index in [4.69, 9.17) is 0 Å². The zero-order valence-corrected chi connectivity index (χ0v) is 10.7. The molecule has 0 fully saturated rings. The van der Waals surface area contributed by atoms with Gasteiger partial charge in [0.05, 0.1) is 0 Å². The average molecular weight is 227 g/mol. The molecule has 1 heterocycles. The van der Waals surface area contributed by atoms with Gasteiger partial charge in [-0.25, -0.2) is 4.98 Å². The van der Waals surface area contributed by atoms with Crippen LogP contribution in [0.1, 0.15) is 26.7 Å². The van der Waals surface area contributed by atoms with E-state index >= 15 is 0 Å². The van der Waals surface area contributed by atoms with Crippen molar-refractivity contribution in [3.05, 3.63) is 12.4 Å². The zero-order chi connectivity index (χ0) is 11.1. The third-order valence-corrected chi connectivity index (χ3v) is 3.47. The van der Waals surface area contributed by atoms with Gasteiger partial charge < -0.3 is 9.88 Å². The van der Waals surface area contributed by atoms with Crippen LogP contribution in [0.4, 0.5) is 5.95 Å². The number of hydrogen-bond acceptors (Lipinski definition) is 3. The fraction of sp³-hybridized carbons (Fsp3) is 0.727. The van der Waals surface area contributed by atoms with Gasteiger partial charge in [0.25, 0.3) is 0 Å². The molecule has 1 atom stereocenters. The lowest BCUT2D eigenvalue weighted by atomic mass is 10.3. The third-order valence-electron chi connectivity index (χ3n) is 2.43. The van der Waals surface area contributed by atoms with E-state index in [1.165, 1.54) is 6.42 Å². The minimum absolute atomic E-state index is 0.714. The molecule has 0 aliphatic heterocycles. The number of rotatable bonds is 7. The van der Waals surface area contributed by atoms with Crippen LogP contribution in [0.25, 0.3) is 0 Å². The number of aryl methyl sites for hydroxylation is 1. The van der Waals surface area contributed by atoms with E-state index in [9.17, 15) is 0 Å². The lowest BCUT2D eigenvalue weighted by Crippen LogP contribution is -2.10. The first-order valence-electron chi connectivity index (χ1n) is 5.55. The van der Waals surface area contributed by atoms with Crippen molar-refractivity contribution in [3.63, 3.8) is 0 Å². The predicted molar refractivity (Wildman–Crippen MR) is 68.6 cm³/mol. The lowest BCUT2D eigenvalue weighted by molar-refractivity contribution is 0.643. The van der Waals surface area contributed by atoms with E-state index in [2.05, 4.69) is 35.0 Å². The van der Waals surface area contributed by atoms with Gasteiger partial charge in [-0.2, -0.15) is 11.8 Å². The molecule has 1 aromatic heterocycles. The number of aromatic nitrogens is 2. The largest absolute Gasteiger partial charge is 0.356 e. The van der Waals surface area contributed by atoms with Crippen molar-refractivity contribution in [1.82, 2.24) is 9.55 Å². The Morgan fingerprint density at radius 3 is 3.07 bits per heavy atom. The lowest BCUT2D eigenvalue weighted by Gasteiger charge is -2.11. The van der Waals surface area contributed by atoms with Crippen LogP contribution in [0.3, 0.4) is 0 Å². The van der Waals surface area contributed by atoms with E-state index in [-0.39, 0.29) is 0 Å². The Hall–Kier alpha value is -0.640. The number of nitrogens with zero attached hydrogens (tertiary/aromatic N) is 2. The molecule has 1 rings (SSSR count). The summed E-state index contributed by atoms with van der Waals surface area (Å²) in [6.07, 6.45) is 8.40. The number of hydrogen-bond donors (Lipinski definition) is 1. The number of thioether (sulfide) groups is 1. The minimum atomic E-state index is 0.714. The standard InChI is InChI=1S/C11H21N3S/c1-4-6-12-11-13-7-9-14(11)8-5-10(2)15-3/h7,9-10H,4-6,8H2,1-3H3,(H,12,13).